The number of amides is 1. The Kier molecular flexibility index (Phi) is 6.75. The molecule has 0 radical (unpaired) electrons. The van der Waals surface area contributed by atoms with Crippen molar-refractivity contribution in [1.29, 1.82) is 0 Å². The van der Waals surface area contributed by atoms with Crippen LogP contribution in [0.1, 0.15) is 12.8 Å². The van der Waals surface area contributed by atoms with Gasteiger partial charge in [0.25, 0.3) is 0 Å². The third-order valence-corrected chi connectivity index (χ3v) is 8.32. The molecule has 0 aromatic heterocycles. The van der Waals surface area contributed by atoms with Crippen LogP contribution in [0.4, 0.5) is 5.69 Å². The highest BCUT2D eigenvalue weighted by Crippen LogP contribution is 2.34. The summed E-state index contributed by atoms with van der Waals surface area (Å²) in [5.41, 5.74) is 0.778. The van der Waals surface area contributed by atoms with E-state index in [1.165, 1.54) is 4.31 Å². The number of carbonyl (C=O) groups excluding carboxylic acids is 1. The number of nitrogens with one attached hydrogen (secondary N) is 1. The normalized spacial score (nSPS) is 15.5. The van der Waals surface area contributed by atoms with Crippen LogP contribution in [-0.4, -0.2) is 31.7 Å². The van der Waals surface area contributed by atoms with E-state index < -0.39 is 10.0 Å². The molecule has 0 atom stereocenters. The quantitative estimate of drug-likeness (QED) is 0.579. The Morgan fingerprint density at radius 1 is 0.839 bits per heavy atom. The first-order chi connectivity index (χ1) is 15.0. The van der Waals surface area contributed by atoms with Gasteiger partial charge in [-0.3, -0.25) is 4.79 Å². The smallest absolute Gasteiger partial charge is 0.243 e. The number of sulfonamides is 1. The zero-order valence-corrected chi connectivity index (χ0v) is 18.6. The third kappa shape index (κ3) is 5.18. The first-order valence-electron chi connectivity index (χ1n) is 10.2. The van der Waals surface area contributed by atoms with Gasteiger partial charge < -0.3 is 5.32 Å². The van der Waals surface area contributed by atoms with E-state index in [4.69, 9.17) is 0 Å². The van der Waals surface area contributed by atoms with Gasteiger partial charge in [0.1, 0.15) is 0 Å². The molecule has 1 N–H and O–H groups in total. The minimum absolute atomic E-state index is 0.0575. The number of hydrogen-bond acceptors (Lipinski definition) is 4. The fourth-order valence-corrected chi connectivity index (χ4v) is 6.02. The predicted molar refractivity (Wildman–Crippen MR) is 124 cm³/mol. The highest BCUT2D eigenvalue weighted by molar-refractivity contribution is 7.99. The van der Waals surface area contributed by atoms with E-state index in [1.54, 1.807) is 42.1 Å². The molecule has 7 heteroatoms. The summed E-state index contributed by atoms with van der Waals surface area (Å²) in [5.74, 6) is -0.269. The maximum atomic E-state index is 12.9. The van der Waals surface area contributed by atoms with Crippen molar-refractivity contribution >= 4 is 33.4 Å². The molecule has 31 heavy (non-hydrogen) atoms. The fourth-order valence-electron chi connectivity index (χ4n) is 3.61. The van der Waals surface area contributed by atoms with E-state index in [2.05, 4.69) is 5.32 Å². The number of anilines is 1. The maximum absolute atomic E-state index is 12.9. The predicted octanol–water partition coefficient (Wildman–Crippen LogP) is 4.88. The number of hydrogen-bond donors (Lipinski definition) is 1. The summed E-state index contributed by atoms with van der Waals surface area (Å²) in [6.45, 7) is 0.686. The Morgan fingerprint density at radius 2 is 1.42 bits per heavy atom. The van der Waals surface area contributed by atoms with Gasteiger partial charge >= 0.3 is 0 Å². The largest absolute Gasteiger partial charge is 0.325 e. The van der Waals surface area contributed by atoms with Gasteiger partial charge in [-0.1, -0.05) is 60.3 Å². The summed E-state index contributed by atoms with van der Waals surface area (Å²) in [6.07, 6.45) is 1.01. The van der Waals surface area contributed by atoms with Crippen LogP contribution in [0.15, 0.2) is 99.6 Å². The van der Waals surface area contributed by atoms with Crippen molar-refractivity contribution in [3.05, 3.63) is 84.9 Å². The Morgan fingerprint density at radius 3 is 2.10 bits per heavy atom. The molecule has 3 aromatic rings. The molecule has 1 amide bonds. The summed E-state index contributed by atoms with van der Waals surface area (Å²) in [6, 6.07) is 26.2. The van der Waals surface area contributed by atoms with Crippen molar-refractivity contribution in [3.63, 3.8) is 0 Å². The molecule has 4 rings (SSSR count). The zero-order chi connectivity index (χ0) is 21.7. The van der Waals surface area contributed by atoms with Crippen molar-refractivity contribution in [1.82, 2.24) is 4.31 Å². The van der Waals surface area contributed by atoms with Gasteiger partial charge in [-0.15, -0.1) is 0 Å². The van der Waals surface area contributed by atoms with Crippen molar-refractivity contribution < 1.29 is 13.2 Å². The first kappa shape index (κ1) is 21.6. The molecule has 3 aromatic carbocycles. The van der Waals surface area contributed by atoms with Crippen LogP contribution < -0.4 is 5.32 Å². The Hall–Kier alpha value is -2.61. The monoisotopic (exact) mass is 452 g/mol. The fraction of sp³-hybridized carbons (Fsp3) is 0.208. The second-order valence-corrected chi connectivity index (χ2v) is 10.4. The molecule has 1 fully saturated rings. The van der Waals surface area contributed by atoms with Gasteiger partial charge in [0.05, 0.1) is 10.6 Å². The zero-order valence-electron chi connectivity index (χ0n) is 17.0. The molecular weight excluding hydrogens is 428 g/mol. The number of carbonyl (C=O) groups is 1. The Labute approximate surface area is 187 Å². The average Bonchev–Trinajstić information content (AvgIpc) is 2.81. The van der Waals surface area contributed by atoms with Gasteiger partial charge in [0.15, 0.2) is 0 Å². The molecule has 0 bridgehead atoms. The number of piperidine rings is 1. The maximum Gasteiger partial charge on any atom is 0.243 e. The SMILES string of the molecule is O=C(Nc1ccccc1Sc1ccccc1)C1CCN(S(=O)(=O)c2ccccc2)CC1. The highest BCUT2D eigenvalue weighted by Gasteiger charge is 2.32. The highest BCUT2D eigenvalue weighted by atomic mass is 32.2. The van der Waals surface area contributed by atoms with Crippen molar-refractivity contribution in [2.24, 2.45) is 5.92 Å². The Balaban J connectivity index is 1.39. The van der Waals surface area contributed by atoms with Crippen LogP contribution >= 0.6 is 11.8 Å². The average molecular weight is 453 g/mol. The van der Waals surface area contributed by atoms with E-state index >= 15 is 0 Å². The second-order valence-electron chi connectivity index (χ2n) is 7.39. The number of benzene rings is 3. The molecule has 1 aliphatic rings. The van der Waals surface area contributed by atoms with Crippen LogP contribution in [-0.2, 0) is 14.8 Å². The lowest BCUT2D eigenvalue weighted by atomic mass is 9.97. The van der Waals surface area contributed by atoms with Gasteiger partial charge in [0, 0.05) is 28.8 Å². The lowest BCUT2D eigenvalue weighted by Crippen LogP contribution is -2.41. The molecule has 0 saturated carbocycles. The Bertz CT molecular complexity index is 1130. The van der Waals surface area contributed by atoms with E-state index in [0.29, 0.717) is 30.8 Å². The van der Waals surface area contributed by atoms with E-state index in [9.17, 15) is 13.2 Å². The van der Waals surface area contributed by atoms with Crippen LogP contribution in [0.5, 0.6) is 0 Å². The number of nitrogens with zero attached hydrogens (tertiary/aromatic N) is 1. The topological polar surface area (TPSA) is 66.5 Å². The number of para-hydroxylation sites is 1. The third-order valence-electron chi connectivity index (χ3n) is 5.32. The van der Waals surface area contributed by atoms with Crippen LogP contribution in [0.25, 0.3) is 0 Å². The summed E-state index contributed by atoms with van der Waals surface area (Å²) in [7, 11) is -3.51. The standard InChI is InChI=1S/C24H24N2O3S2/c27-24(25-22-13-7-8-14-23(22)30-20-9-3-1-4-10-20)19-15-17-26(18-16-19)31(28,29)21-11-5-2-6-12-21/h1-14,19H,15-18H2,(H,25,27). The van der Waals surface area contributed by atoms with Gasteiger partial charge in [-0.25, -0.2) is 8.42 Å². The molecule has 1 aliphatic heterocycles. The van der Waals surface area contributed by atoms with E-state index in [0.717, 1.165) is 15.5 Å². The molecule has 5 nitrogen and oxygen atoms in total. The molecule has 0 spiro atoms. The summed E-state index contributed by atoms with van der Waals surface area (Å²) >= 11 is 1.60. The van der Waals surface area contributed by atoms with Gasteiger partial charge in [0.2, 0.25) is 15.9 Å². The molecule has 160 valence electrons. The minimum Gasteiger partial charge on any atom is -0.325 e. The summed E-state index contributed by atoms with van der Waals surface area (Å²) in [5, 5.41) is 3.06. The minimum atomic E-state index is -3.51. The molecule has 0 unspecified atom stereocenters. The number of rotatable bonds is 6. The second kappa shape index (κ2) is 9.68. The summed E-state index contributed by atoms with van der Waals surface area (Å²) in [4.78, 5) is 15.3. The van der Waals surface area contributed by atoms with Crippen molar-refractivity contribution in [3.8, 4) is 0 Å². The van der Waals surface area contributed by atoms with Crippen molar-refractivity contribution in [2.75, 3.05) is 18.4 Å². The van der Waals surface area contributed by atoms with Gasteiger partial charge in [-0.05, 0) is 49.2 Å². The van der Waals surface area contributed by atoms with Crippen LogP contribution in [0, 0.1) is 5.92 Å². The molecular formula is C24H24N2O3S2. The first-order valence-corrected chi connectivity index (χ1v) is 12.5. The molecule has 1 saturated heterocycles. The molecule has 1 heterocycles. The van der Waals surface area contributed by atoms with E-state index in [1.807, 2.05) is 54.6 Å². The molecule has 0 aliphatic carbocycles. The van der Waals surface area contributed by atoms with Crippen molar-refractivity contribution in [2.45, 2.75) is 27.5 Å². The van der Waals surface area contributed by atoms with Crippen LogP contribution in [0.3, 0.4) is 0 Å². The lowest BCUT2D eigenvalue weighted by molar-refractivity contribution is -0.120. The summed E-state index contributed by atoms with van der Waals surface area (Å²) < 4.78 is 27.1. The van der Waals surface area contributed by atoms with Gasteiger partial charge in [-0.2, -0.15) is 4.31 Å². The van der Waals surface area contributed by atoms with Crippen LogP contribution in [0.2, 0.25) is 0 Å². The van der Waals surface area contributed by atoms with E-state index in [-0.39, 0.29) is 11.8 Å². The lowest BCUT2D eigenvalue weighted by Gasteiger charge is -2.30.